The molecule has 88 valence electrons. The Bertz CT molecular complexity index is 363. The zero-order valence-electron chi connectivity index (χ0n) is 9.96. The monoisotopic (exact) mass is 239 g/mol. The molecule has 0 aliphatic carbocycles. The summed E-state index contributed by atoms with van der Waals surface area (Å²) in [6, 6.07) is 7.66. The quantitative estimate of drug-likeness (QED) is 0.855. The zero-order valence-corrected chi connectivity index (χ0v) is 10.7. The van der Waals surface area contributed by atoms with Gasteiger partial charge in [0, 0.05) is 11.9 Å². The number of halogens is 1. The van der Waals surface area contributed by atoms with Gasteiger partial charge in [-0.3, -0.25) is 4.79 Å². The van der Waals surface area contributed by atoms with Gasteiger partial charge in [0.2, 0.25) is 5.91 Å². The molecule has 0 saturated carbocycles. The fourth-order valence-electron chi connectivity index (χ4n) is 1.74. The third-order valence-electron chi connectivity index (χ3n) is 2.37. The molecule has 1 atom stereocenters. The molecule has 1 aromatic rings. The SMILES string of the molecule is CC(=O)N[C@@H](CC(C)C)c1ccccc1Cl. The van der Waals surface area contributed by atoms with E-state index in [4.69, 9.17) is 11.6 Å². The van der Waals surface area contributed by atoms with Gasteiger partial charge in [-0.05, 0) is 24.0 Å². The van der Waals surface area contributed by atoms with Crippen molar-refractivity contribution >= 4 is 17.5 Å². The topological polar surface area (TPSA) is 29.1 Å². The number of carbonyl (C=O) groups is 1. The maximum absolute atomic E-state index is 11.2. The Morgan fingerprint density at radius 3 is 2.50 bits per heavy atom. The van der Waals surface area contributed by atoms with E-state index in [1.54, 1.807) is 0 Å². The zero-order chi connectivity index (χ0) is 12.1. The van der Waals surface area contributed by atoms with Gasteiger partial charge in [0.05, 0.1) is 6.04 Å². The average Bonchev–Trinajstić information content (AvgIpc) is 2.15. The molecule has 0 heterocycles. The van der Waals surface area contributed by atoms with Crippen LogP contribution in [0.3, 0.4) is 0 Å². The molecule has 0 aliphatic rings. The molecule has 0 saturated heterocycles. The van der Waals surface area contributed by atoms with E-state index in [9.17, 15) is 4.79 Å². The standard InChI is InChI=1S/C13H18ClNO/c1-9(2)8-13(15-10(3)16)11-6-4-5-7-12(11)14/h4-7,9,13H,8H2,1-3H3,(H,15,16)/t13-/m0/s1. The Balaban J connectivity index is 2.91. The van der Waals surface area contributed by atoms with Crippen LogP contribution in [0.2, 0.25) is 5.02 Å². The van der Waals surface area contributed by atoms with Crippen LogP contribution in [0.1, 0.15) is 38.8 Å². The lowest BCUT2D eigenvalue weighted by Crippen LogP contribution is -2.27. The fraction of sp³-hybridized carbons (Fsp3) is 0.462. The second-order valence-corrected chi connectivity index (χ2v) is 4.81. The highest BCUT2D eigenvalue weighted by molar-refractivity contribution is 6.31. The molecule has 1 amide bonds. The van der Waals surface area contributed by atoms with E-state index in [1.165, 1.54) is 6.92 Å². The molecular formula is C13H18ClNO. The van der Waals surface area contributed by atoms with Gasteiger partial charge in [-0.1, -0.05) is 43.6 Å². The van der Waals surface area contributed by atoms with Crippen molar-refractivity contribution in [1.29, 1.82) is 0 Å². The smallest absolute Gasteiger partial charge is 0.217 e. The third kappa shape index (κ3) is 3.86. The Kier molecular flexibility index (Phi) is 4.81. The van der Waals surface area contributed by atoms with E-state index >= 15 is 0 Å². The van der Waals surface area contributed by atoms with Crippen molar-refractivity contribution in [3.63, 3.8) is 0 Å². The van der Waals surface area contributed by atoms with Crippen molar-refractivity contribution in [2.75, 3.05) is 0 Å². The van der Waals surface area contributed by atoms with Crippen LogP contribution in [0.25, 0.3) is 0 Å². The van der Waals surface area contributed by atoms with Crippen LogP contribution in [0.5, 0.6) is 0 Å². The lowest BCUT2D eigenvalue weighted by atomic mass is 9.97. The Morgan fingerprint density at radius 1 is 1.38 bits per heavy atom. The average molecular weight is 240 g/mol. The van der Waals surface area contributed by atoms with Gasteiger partial charge >= 0.3 is 0 Å². The molecule has 16 heavy (non-hydrogen) atoms. The number of hydrogen-bond donors (Lipinski definition) is 1. The highest BCUT2D eigenvalue weighted by Gasteiger charge is 2.16. The molecule has 0 radical (unpaired) electrons. The lowest BCUT2D eigenvalue weighted by molar-refractivity contribution is -0.119. The second-order valence-electron chi connectivity index (χ2n) is 4.40. The normalized spacial score (nSPS) is 12.6. The summed E-state index contributed by atoms with van der Waals surface area (Å²) in [7, 11) is 0. The van der Waals surface area contributed by atoms with Crippen LogP contribution in [-0.4, -0.2) is 5.91 Å². The van der Waals surface area contributed by atoms with E-state index in [2.05, 4.69) is 19.2 Å². The summed E-state index contributed by atoms with van der Waals surface area (Å²) in [5, 5.41) is 3.66. The lowest BCUT2D eigenvalue weighted by Gasteiger charge is -2.21. The molecule has 0 fully saturated rings. The first-order valence-corrected chi connectivity index (χ1v) is 5.90. The molecule has 1 aromatic carbocycles. The molecule has 0 aliphatic heterocycles. The summed E-state index contributed by atoms with van der Waals surface area (Å²) >= 11 is 6.13. The van der Waals surface area contributed by atoms with Crippen molar-refractivity contribution in [2.45, 2.75) is 33.2 Å². The molecule has 0 unspecified atom stereocenters. The molecule has 0 bridgehead atoms. The number of rotatable bonds is 4. The van der Waals surface area contributed by atoms with Crippen LogP contribution >= 0.6 is 11.6 Å². The van der Waals surface area contributed by atoms with Crippen LogP contribution in [0, 0.1) is 5.92 Å². The first-order chi connectivity index (χ1) is 7.50. The molecule has 2 nitrogen and oxygen atoms in total. The van der Waals surface area contributed by atoms with E-state index < -0.39 is 0 Å². The number of carbonyl (C=O) groups excluding carboxylic acids is 1. The Labute approximate surface area is 102 Å². The first kappa shape index (κ1) is 13.0. The van der Waals surface area contributed by atoms with Crippen LogP contribution in [-0.2, 0) is 4.79 Å². The number of benzene rings is 1. The highest BCUT2D eigenvalue weighted by Crippen LogP contribution is 2.27. The minimum absolute atomic E-state index is 0.00574. The van der Waals surface area contributed by atoms with Crippen molar-refractivity contribution in [2.24, 2.45) is 5.92 Å². The minimum Gasteiger partial charge on any atom is -0.349 e. The molecular weight excluding hydrogens is 222 g/mol. The second kappa shape index (κ2) is 5.90. The summed E-state index contributed by atoms with van der Waals surface area (Å²) in [4.78, 5) is 11.2. The van der Waals surface area contributed by atoms with Crippen LogP contribution < -0.4 is 5.32 Å². The number of nitrogens with one attached hydrogen (secondary N) is 1. The van der Waals surface area contributed by atoms with Crippen molar-refractivity contribution in [1.82, 2.24) is 5.32 Å². The number of hydrogen-bond acceptors (Lipinski definition) is 1. The van der Waals surface area contributed by atoms with E-state index in [0.717, 1.165) is 12.0 Å². The summed E-state index contributed by atoms with van der Waals surface area (Å²) in [6.45, 7) is 5.79. The molecule has 1 rings (SSSR count). The maximum atomic E-state index is 11.2. The molecule has 1 N–H and O–H groups in total. The van der Waals surface area contributed by atoms with Crippen molar-refractivity contribution in [3.8, 4) is 0 Å². The van der Waals surface area contributed by atoms with E-state index in [0.29, 0.717) is 10.9 Å². The van der Waals surface area contributed by atoms with E-state index in [-0.39, 0.29) is 11.9 Å². The number of amides is 1. The maximum Gasteiger partial charge on any atom is 0.217 e. The summed E-state index contributed by atoms with van der Waals surface area (Å²) < 4.78 is 0. The Morgan fingerprint density at radius 2 is 2.00 bits per heavy atom. The third-order valence-corrected chi connectivity index (χ3v) is 2.71. The summed E-state index contributed by atoms with van der Waals surface area (Å²) in [5.41, 5.74) is 0.994. The largest absolute Gasteiger partial charge is 0.349 e. The predicted molar refractivity (Wildman–Crippen MR) is 67.5 cm³/mol. The van der Waals surface area contributed by atoms with Crippen molar-refractivity contribution in [3.05, 3.63) is 34.9 Å². The van der Waals surface area contributed by atoms with Gasteiger partial charge in [0.15, 0.2) is 0 Å². The van der Waals surface area contributed by atoms with Gasteiger partial charge < -0.3 is 5.32 Å². The van der Waals surface area contributed by atoms with Crippen molar-refractivity contribution < 1.29 is 4.79 Å². The highest BCUT2D eigenvalue weighted by atomic mass is 35.5. The van der Waals surface area contributed by atoms with Gasteiger partial charge in [0.25, 0.3) is 0 Å². The van der Waals surface area contributed by atoms with Gasteiger partial charge in [-0.15, -0.1) is 0 Å². The molecule has 3 heteroatoms. The van der Waals surface area contributed by atoms with E-state index in [1.807, 2.05) is 24.3 Å². The van der Waals surface area contributed by atoms with Gasteiger partial charge in [-0.2, -0.15) is 0 Å². The van der Waals surface area contributed by atoms with Crippen LogP contribution in [0.4, 0.5) is 0 Å². The van der Waals surface area contributed by atoms with Crippen LogP contribution in [0.15, 0.2) is 24.3 Å². The summed E-state index contributed by atoms with van der Waals surface area (Å²) in [5.74, 6) is 0.485. The van der Waals surface area contributed by atoms with Gasteiger partial charge in [0.1, 0.15) is 0 Å². The predicted octanol–water partition coefficient (Wildman–Crippen LogP) is 3.56. The minimum atomic E-state index is -0.0226. The molecule has 0 spiro atoms. The first-order valence-electron chi connectivity index (χ1n) is 5.52. The Hall–Kier alpha value is -1.02. The molecule has 0 aromatic heterocycles. The van der Waals surface area contributed by atoms with Gasteiger partial charge in [-0.25, -0.2) is 0 Å². The summed E-state index contributed by atoms with van der Waals surface area (Å²) in [6.07, 6.45) is 0.892. The fourth-order valence-corrected chi connectivity index (χ4v) is 2.01.